The van der Waals surface area contributed by atoms with Crippen LogP contribution in [0, 0.1) is 0 Å². The first-order chi connectivity index (χ1) is 12.1. The van der Waals surface area contributed by atoms with Gasteiger partial charge in [0.15, 0.2) is 0 Å². The Hall–Kier alpha value is -1.08. The van der Waals surface area contributed by atoms with Crippen molar-refractivity contribution in [3.8, 4) is 0 Å². The molecule has 1 saturated heterocycles. The standard InChI is InChI=1S/C18H28ClF3N4/c1-17(2,3)16-23-14(18(20,21)22)13-15(24-16)26-11-9-25(10-12-26)8-6-4-5-7-19/h13H,4-12H2,1-3H3. The molecule has 4 nitrogen and oxygen atoms in total. The van der Waals surface area contributed by atoms with Crippen LogP contribution in [0.25, 0.3) is 0 Å². The molecule has 1 aromatic heterocycles. The van der Waals surface area contributed by atoms with Gasteiger partial charge in [0.2, 0.25) is 0 Å². The Balaban J connectivity index is 2.07. The summed E-state index contributed by atoms with van der Waals surface area (Å²) in [4.78, 5) is 12.5. The van der Waals surface area contributed by atoms with Crippen LogP contribution in [0.15, 0.2) is 6.07 Å². The molecule has 0 spiro atoms. The summed E-state index contributed by atoms with van der Waals surface area (Å²) >= 11 is 5.69. The van der Waals surface area contributed by atoms with Gasteiger partial charge in [0.1, 0.15) is 17.3 Å². The first kappa shape index (κ1) is 21.2. The first-order valence-electron chi connectivity index (χ1n) is 9.11. The lowest BCUT2D eigenvalue weighted by atomic mass is 9.95. The molecule has 0 aliphatic carbocycles. The Morgan fingerprint density at radius 1 is 1.00 bits per heavy atom. The molecule has 1 aromatic rings. The zero-order chi connectivity index (χ0) is 19.4. The third kappa shape index (κ3) is 5.98. The summed E-state index contributed by atoms with van der Waals surface area (Å²) in [6.45, 7) is 9.49. The van der Waals surface area contributed by atoms with E-state index >= 15 is 0 Å². The third-order valence-corrected chi connectivity index (χ3v) is 4.75. The van der Waals surface area contributed by atoms with Crippen LogP contribution in [0.4, 0.5) is 19.0 Å². The van der Waals surface area contributed by atoms with Gasteiger partial charge in [-0.3, -0.25) is 4.90 Å². The van der Waals surface area contributed by atoms with E-state index in [1.165, 1.54) is 0 Å². The van der Waals surface area contributed by atoms with Crippen LogP contribution < -0.4 is 4.90 Å². The van der Waals surface area contributed by atoms with Crippen molar-refractivity contribution >= 4 is 17.4 Å². The highest BCUT2D eigenvalue weighted by Gasteiger charge is 2.35. The molecular weight excluding hydrogens is 365 g/mol. The molecule has 0 amide bonds. The monoisotopic (exact) mass is 392 g/mol. The van der Waals surface area contributed by atoms with E-state index in [4.69, 9.17) is 11.6 Å². The van der Waals surface area contributed by atoms with Crippen molar-refractivity contribution in [2.24, 2.45) is 0 Å². The zero-order valence-electron chi connectivity index (χ0n) is 15.7. The van der Waals surface area contributed by atoms with Crippen LogP contribution in [0.5, 0.6) is 0 Å². The Morgan fingerprint density at radius 3 is 2.19 bits per heavy atom. The number of anilines is 1. The lowest BCUT2D eigenvalue weighted by molar-refractivity contribution is -0.141. The number of piperazine rings is 1. The minimum Gasteiger partial charge on any atom is -0.354 e. The van der Waals surface area contributed by atoms with E-state index in [1.807, 2.05) is 25.7 Å². The van der Waals surface area contributed by atoms with Gasteiger partial charge in [-0.05, 0) is 19.4 Å². The Bertz CT molecular complexity index is 547. The second-order valence-corrected chi connectivity index (χ2v) is 8.14. The second-order valence-electron chi connectivity index (χ2n) is 7.76. The van der Waals surface area contributed by atoms with Crippen molar-refractivity contribution in [1.29, 1.82) is 0 Å². The molecule has 1 aliphatic rings. The summed E-state index contributed by atoms with van der Waals surface area (Å²) < 4.78 is 39.7. The van der Waals surface area contributed by atoms with E-state index in [-0.39, 0.29) is 5.82 Å². The fourth-order valence-corrected chi connectivity index (χ4v) is 3.07. The van der Waals surface area contributed by atoms with Gasteiger partial charge in [-0.1, -0.05) is 27.2 Å². The fourth-order valence-electron chi connectivity index (χ4n) is 2.88. The van der Waals surface area contributed by atoms with Crippen LogP contribution in [-0.2, 0) is 11.6 Å². The molecule has 2 heterocycles. The molecule has 0 unspecified atom stereocenters. The zero-order valence-corrected chi connectivity index (χ0v) is 16.5. The van der Waals surface area contributed by atoms with E-state index in [0.29, 0.717) is 24.8 Å². The van der Waals surface area contributed by atoms with Crippen LogP contribution in [0.3, 0.4) is 0 Å². The molecule has 0 saturated carbocycles. The van der Waals surface area contributed by atoms with E-state index in [0.717, 1.165) is 45.0 Å². The summed E-state index contributed by atoms with van der Waals surface area (Å²) in [6, 6.07) is 1.07. The lowest BCUT2D eigenvalue weighted by Crippen LogP contribution is -2.47. The Morgan fingerprint density at radius 2 is 1.65 bits per heavy atom. The summed E-state index contributed by atoms with van der Waals surface area (Å²) in [5, 5.41) is 0. The van der Waals surface area contributed by atoms with Crippen molar-refractivity contribution in [3.05, 3.63) is 17.6 Å². The van der Waals surface area contributed by atoms with Gasteiger partial charge in [-0.15, -0.1) is 11.6 Å². The van der Waals surface area contributed by atoms with E-state index in [2.05, 4.69) is 14.9 Å². The molecule has 1 aliphatic heterocycles. The van der Waals surface area contributed by atoms with Gasteiger partial charge >= 0.3 is 6.18 Å². The number of hydrogen-bond acceptors (Lipinski definition) is 4. The summed E-state index contributed by atoms with van der Waals surface area (Å²) in [6.07, 6.45) is -1.23. The topological polar surface area (TPSA) is 32.3 Å². The fraction of sp³-hybridized carbons (Fsp3) is 0.778. The van der Waals surface area contributed by atoms with Crippen molar-refractivity contribution in [2.75, 3.05) is 43.5 Å². The van der Waals surface area contributed by atoms with E-state index < -0.39 is 17.3 Å². The van der Waals surface area contributed by atoms with Crippen molar-refractivity contribution in [2.45, 2.75) is 51.6 Å². The predicted octanol–water partition coefficient (Wildman–Crippen LogP) is 4.32. The van der Waals surface area contributed by atoms with Crippen LogP contribution in [-0.4, -0.2) is 53.5 Å². The molecule has 0 radical (unpaired) electrons. The van der Waals surface area contributed by atoms with Crippen molar-refractivity contribution in [1.82, 2.24) is 14.9 Å². The second kappa shape index (κ2) is 8.74. The minimum atomic E-state index is -4.47. The first-order valence-corrected chi connectivity index (χ1v) is 9.65. The maximum Gasteiger partial charge on any atom is 0.433 e. The minimum absolute atomic E-state index is 0.228. The molecule has 0 atom stereocenters. The number of rotatable bonds is 6. The Kier molecular flexibility index (Phi) is 7.13. The van der Waals surface area contributed by atoms with Crippen LogP contribution in [0.2, 0.25) is 0 Å². The van der Waals surface area contributed by atoms with Crippen LogP contribution in [0.1, 0.15) is 51.6 Å². The summed E-state index contributed by atoms with van der Waals surface area (Å²) in [7, 11) is 0. The van der Waals surface area contributed by atoms with Gasteiger partial charge < -0.3 is 4.90 Å². The normalized spacial score (nSPS) is 17.0. The summed E-state index contributed by atoms with van der Waals surface area (Å²) in [5.74, 6) is 1.30. The third-order valence-electron chi connectivity index (χ3n) is 4.48. The molecule has 0 aromatic carbocycles. The van der Waals surface area contributed by atoms with Gasteiger partial charge in [0.05, 0.1) is 0 Å². The van der Waals surface area contributed by atoms with E-state index in [1.54, 1.807) is 0 Å². The summed E-state index contributed by atoms with van der Waals surface area (Å²) in [5.41, 5.74) is -1.41. The average Bonchev–Trinajstić information content (AvgIpc) is 2.57. The maximum atomic E-state index is 13.2. The Labute approximate surface area is 158 Å². The van der Waals surface area contributed by atoms with Crippen LogP contribution >= 0.6 is 11.6 Å². The number of unbranched alkanes of at least 4 members (excludes halogenated alkanes) is 2. The molecule has 8 heteroatoms. The quantitative estimate of drug-likeness (QED) is 0.533. The van der Waals surface area contributed by atoms with Gasteiger partial charge in [0, 0.05) is 43.5 Å². The molecule has 0 N–H and O–H groups in total. The number of hydrogen-bond donors (Lipinski definition) is 0. The number of alkyl halides is 4. The number of halogens is 4. The van der Waals surface area contributed by atoms with Gasteiger partial charge in [-0.2, -0.15) is 13.2 Å². The smallest absolute Gasteiger partial charge is 0.354 e. The average molecular weight is 393 g/mol. The predicted molar refractivity (Wildman–Crippen MR) is 99.0 cm³/mol. The van der Waals surface area contributed by atoms with Gasteiger partial charge in [-0.25, -0.2) is 9.97 Å². The molecule has 1 fully saturated rings. The van der Waals surface area contributed by atoms with E-state index in [9.17, 15) is 13.2 Å². The molecule has 148 valence electrons. The van der Waals surface area contributed by atoms with Gasteiger partial charge in [0.25, 0.3) is 0 Å². The van der Waals surface area contributed by atoms with Crippen molar-refractivity contribution < 1.29 is 13.2 Å². The highest BCUT2D eigenvalue weighted by molar-refractivity contribution is 6.17. The highest BCUT2D eigenvalue weighted by atomic mass is 35.5. The number of nitrogens with zero attached hydrogens (tertiary/aromatic N) is 4. The molecular formula is C18H28ClF3N4. The highest BCUT2D eigenvalue weighted by Crippen LogP contribution is 2.32. The SMILES string of the molecule is CC(C)(C)c1nc(N2CCN(CCCCCCl)CC2)cc(C(F)(F)F)n1. The molecule has 0 bridgehead atoms. The largest absolute Gasteiger partial charge is 0.433 e. The maximum absolute atomic E-state index is 13.2. The molecule has 2 rings (SSSR count). The lowest BCUT2D eigenvalue weighted by Gasteiger charge is -2.36. The number of aromatic nitrogens is 2. The van der Waals surface area contributed by atoms with Crippen molar-refractivity contribution in [3.63, 3.8) is 0 Å². The molecule has 26 heavy (non-hydrogen) atoms.